The number of hydrogen-bond acceptors (Lipinski definition) is 0. The van der Waals surface area contributed by atoms with E-state index in [0.29, 0.717) is 0 Å². The Balaban J connectivity index is 2.05. The second-order valence-electron chi connectivity index (χ2n) is 1.92. The molecule has 0 N–H and O–H groups in total. The van der Waals surface area contributed by atoms with Crippen LogP contribution in [0.4, 0.5) is 4.39 Å². The molecule has 0 amide bonds. The van der Waals surface area contributed by atoms with E-state index in [1.165, 1.54) is 19.0 Å². The molecule has 0 aliphatic heterocycles. The zero-order valence-electron chi connectivity index (χ0n) is 4.08. The molecular formula is C6H7F. The monoisotopic (exact) mass is 98.1 g/mol. The molecule has 1 fully saturated rings. The van der Waals surface area contributed by atoms with Gasteiger partial charge in [0.05, 0.1) is 0 Å². The van der Waals surface area contributed by atoms with Crippen molar-refractivity contribution >= 4 is 0 Å². The van der Waals surface area contributed by atoms with Gasteiger partial charge in [-0.2, -0.15) is 0 Å². The Morgan fingerprint density at radius 1 is 1.57 bits per heavy atom. The predicted molar refractivity (Wildman–Crippen MR) is 26.2 cm³/mol. The van der Waals surface area contributed by atoms with Crippen molar-refractivity contribution in [3.05, 3.63) is 0 Å². The first-order valence-corrected chi connectivity index (χ1v) is 2.52. The van der Waals surface area contributed by atoms with Gasteiger partial charge in [0.1, 0.15) is 6.17 Å². The quantitative estimate of drug-likeness (QED) is 0.438. The summed E-state index contributed by atoms with van der Waals surface area (Å²) >= 11 is 0. The molecule has 38 valence electrons. The van der Waals surface area contributed by atoms with Crippen molar-refractivity contribution in [2.45, 2.75) is 19.3 Å². The minimum absolute atomic E-state index is 0.739. The third-order valence-electron chi connectivity index (χ3n) is 1.15. The van der Waals surface area contributed by atoms with E-state index in [1.807, 2.05) is 0 Å². The summed E-state index contributed by atoms with van der Waals surface area (Å²) in [4.78, 5) is 0. The van der Waals surface area contributed by atoms with Crippen LogP contribution >= 0.6 is 0 Å². The fraction of sp³-hybridized carbons (Fsp3) is 0.667. The zero-order valence-corrected chi connectivity index (χ0v) is 4.08. The fourth-order valence-corrected chi connectivity index (χ4v) is 0.505. The Bertz CT molecular complexity index is 103. The molecule has 1 saturated carbocycles. The molecule has 1 aliphatic rings. The number of rotatable bonds is 1. The number of halogens is 1. The highest BCUT2D eigenvalue weighted by Gasteiger charge is 2.19. The molecule has 0 radical (unpaired) electrons. The maximum Gasteiger partial charge on any atom is 0.105 e. The van der Waals surface area contributed by atoms with Gasteiger partial charge in [-0.05, 0) is 18.8 Å². The van der Waals surface area contributed by atoms with Crippen molar-refractivity contribution in [3.63, 3.8) is 0 Å². The first kappa shape index (κ1) is 4.64. The van der Waals surface area contributed by atoms with Gasteiger partial charge in [-0.25, -0.2) is 0 Å². The summed E-state index contributed by atoms with van der Waals surface area (Å²) < 4.78 is 11.0. The van der Waals surface area contributed by atoms with E-state index in [1.54, 1.807) is 0 Å². The van der Waals surface area contributed by atoms with Crippen LogP contribution < -0.4 is 0 Å². The molecular weight excluding hydrogens is 91.1 g/mol. The molecule has 0 aromatic heterocycles. The van der Waals surface area contributed by atoms with Crippen LogP contribution in [0.3, 0.4) is 0 Å². The first-order valence-electron chi connectivity index (χ1n) is 2.52. The van der Waals surface area contributed by atoms with Gasteiger partial charge in [-0.3, -0.25) is 0 Å². The average Bonchev–Trinajstić information content (AvgIpc) is 2.42. The van der Waals surface area contributed by atoms with Crippen molar-refractivity contribution in [3.8, 4) is 12.1 Å². The lowest BCUT2D eigenvalue weighted by molar-refractivity contribution is 0.765. The van der Waals surface area contributed by atoms with Crippen LogP contribution in [0, 0.1) is 18.0 Å². The number of hydrogen-bond donors (Lipinski definition) is 0. The van der Waals surface area contributed by atoms with Gasteiger partial charge in [-0.1, -0.05) is 5.92 Å². The molecule has 1 aliphatic carbocycles. The van der Waals surface area contributed by atoms with Crippen LogP contribution in [0.5, 0.6) is 0 Å². The van der Waals surface area contributed by atoms with Crippen LogP contribution in [-0.4, -0.2) is 0 Å². The van der Waals surface area contributed by atoms with E-state index in [4.69, 9.17) is 0 Å². The minimum Gasteiger partial charge on any atom is -0.144 e. The van der Waals surface area contributed by atoms with Gasteiger partial charge >= 0.3 is 0 Å². The third kappa shape index (κ3) is 1.59. The molecule has 0 atom stereocenters. The topological polar surface area (TPSA) is 0 Å². The Morgan fingerprint density at radius 3 is 2.71 bits per heavy atom. The van der Waals surface area contributed by atoms with E-state index >= 15 is 0 Å². The summed E-state index contributed by atoms with van der Waals surface area (Å²) in [5, 5.41) is 0. The minimum atomic E-state index is 0.739. The lowest BCUT2D eigenvalue weighted by atomic mass is 10.3. The second kappa shape index (κ2) is 1.97. The van der Waals surface area contributed by atoms with E-state index in [0.717, 1.165) is 12.3 Å². The molecule has 0 heterocycles. The van der Waals surface area contributed by atoms with Gasteiger partial charge in [0, 0.05) is 6.42 Å². The van der Waals surface area contributed by atoms with Crippen molar-refractivity contribution < 1.29 is 4.39 Å². The van der Waals surface area contributed by atoms with Crippen LogP contribution in [0.25, 0.3) is 0 Å². The van der Waals surface area contributed by atoms with Crippen molar-refractivity contribution in [2.24, 2.45) is 5.92 Å². The van der Waals surface area contributed by atoms with Crippen LogP contribution in [0.15, 0.2) is 0 Å². The third-order valence-corrected chi connectivity index (χ3v) is 1.15. The highest BCUT2D eigenvalue weighted by atomic mass is 19.1. The normalized spacial score (nSPS) is 17.9. The van der Waals surface area contributed by atoms with Crippen LogP contribution in [-0.2, 0) is 0 Å². The summed E-state index contributed by atoms with van der Waals surface area (Å²) in [5.74, 6) is 3.13. The SMILES string of the molecule is FC#CCC1CC1. The molecule has 0 saturated heterocycles. The molecule has 0 spiro atoms. The Kier molecular flexibility index (Phi) is 1.31. The van der Waals surface area contributed by atoms with Crippen molar-refractivity contribution in [2.75, 3.05) is 0 Å². The molecule has 0 nitrogen and oxygen atoms in total. The van der Waals surface area contributed by atoms with E-state index in [2.05, 4.69) is 5.92 Å². The standard InChI is InChI=1S/C6H7F/c7-5-1-2-6-3-4-6/h6H,2-4H2. The predicted octanol–water partition coefficient (Wildman–Crippen LogP) is 1.72. The summed E-state index contributed by atoms with van der Waals surface area (Å²) in [6, 6.07) is 0. The molecule has 0 aromatic rings. The Labute approximate surface area is 42.7 Å². The van der Waals surface area contributed by atoms with E-state index < -0.39 is 0 Å². The largest absolute Gasteiger partial charge is 0.144 e. The molecule has 7 heavy (non-hydrogen) atoms. The highest BCUT2D eigenvalue weighted by Crippen LogP contribution is 2.31. The van der Waals surface area contributed by atoms with Crippen molar-refractivity contribution in [1.29, 1.82) is 0 Å². The average molecular weight is 98.1 g/mol. The fourth-order valence-electron chi connectivity index (χ4n) is 0.505. The van der Waals surface area contributed by atoms with Gasteiger partial charge in [0.2, 0.25) is 0 Å². The second-order valence-corrected chi connectivity index (χ2v) is 1.92. The van der Waals surface area contributed by atoms with E-state index in [9.17, 15) is 4.39 Å². The molecule has 1 heteroatoms. The maximum absolute atomic E-state index is 11.0. The lowest BCUT2D eigenvalue weighted by Gasteiger charge is -1.74. The first-order chi connectivity index (χ1) is 3.43. The molecule has 0 bridgehead atoms. The molecule has 0 aromatic carbocycles. The van der Waals surface area contributed by atoms with Gasteiger partial charge in [0.15, 0.2) is 0 Å². The zero-order chi connectivity index (χ0) is 5.11. The highest BCUT2D eigenvalue weighted by molar-refractivity contribution is 4.95. The summed E-state index contributed by atoms with van der Waals surface area (Å²) in [6.07, 6.45) is 4.68. The van der Waals surface area contributed by atoms with Gasteiger partial charge in [-0.15, -0.1) is 4.39 Å². The van der Waals surface area contributed by atoms with Gasteiger partial charge in [0.25, 0.3) is 0 Å². The smallest absolute Gasteiger partial charge is 0.105 e. The lowest BCUT2D eigenvalue weighted by Crippen LogP contribution is -1.65. The van der Waals surface area contributed by atoms with Crippen LogP contribution in [0.1, 0.15) is 19.3 Å². The van der Waals surface area contributed by atoms with Gasteiger partial charge < -0.3 is 0 Å². The Hall–Kier alpha value is -0.510. The Morgan fingerprint density at radius 2 is 2.29 bits per heavy atom. The summed E-state index contributed by atoms with van der Waals surface area (Å²) in [7, 11) is 0. The van der Waals surface area contributed by atoms with Crippen molar-refractivity contribution in [1.82, 2.24) is 0 Å². The molecule has 0 unspecified atom stereocenters. The summed E-state index contributed by atoms with van der Waals surface area (Å²) in [6.45, 7) is 0. The molecule has 1 rings (SSSR count). The summed E-state index contributed by atoms with van der Waals surface area (Å²) in [5.41, 5.74) is 0. The van der Waals surface area contributed by atoms with E-state index in [-0.39, 0.29) is 0 Å². The maximum atomic E-state index is 11.0. The van der Waals surface area contributed by atoms with Crippen LogP contribution in [0.2, 0.25) is 0 Å².